The summed E-state index contributed by atoms with van der Waals surface area (Å²) >= 11 is 0. The first-order valence-corrected chi connectivity index (χ1v) is 5.41. The molecule has 1 heterocycles. The first-order chi connectivity index (χ1) is 6.36. The Morgan fingerprint density at radius 1 is 1.14 bits per heavy atom. The third kappa shape index (κ3) is 4.80. The third-order valence-electron chi connectivity index (χ3n) is 2.38. The van der Waals surface area contributed by atoms with Gasteiger partial charge in [0.2, 0.25) is 6.33 Å². The Kier molecular flexibility index (Phi) is 7.86. The molecule has 0 atom stereocenters. The normalized spacial score (nSPS) is 9.86. The number of hydrogen-bond donors (Lipinski definition) is 0. The van der Waals surface area contributed by atoms with Crippen LogP contribution < -0.4 is 21.5 Å². The van der Waals surface area contributed by atoms with Crippen molar-refractivity contribution in [2.75, 3.05) is 0 Å². The van der Waals surface area contributed by atoms with E-state index in [4.69, 9.17) is 0 Å². The van der Waals surface area contributed by atoms with E-state index >= 15 is 0 Å². The highest BCUT2D eigenvalue weighted by molar-refractivity contribution is 4.64. The van der Waals surface area contributed by atoms with Crippen LogP contribution in [0.15, 0.2) is 18.7 Å². The molecule has 1 rings (SSSR count). The minimum Gasteiger partial charge on any atom is -1.00 e. The molecule has 0 aliphatic heterocycles. The Balaban J connectivity index is 0.00000169. The topological polar surface area (TPSA) is 8.81 Å². The average molecular weight is 261 g/mol. The summed E-state index contributed by atoms with van der Waals surface area (Å²) in [4.78, 5) is 0. The number of aromatic nitrogens is 2. The molecule has 1 aromatic rings. The van der Waals surface area contributed by atoms with Gasteiger partial charge in [-0.05, 0) is 19.8 Å². The van der Waals surface area contributed by atoms with Crippen molar-refractivity contribution in [1.29, 1.82) is 0 Å². The number of halogens is 1. The van der Waals surface area contributed by atoms with E-state index in [2.05, 4.69) is 41.7 Å². The number of rotatable bonds is 6. The predicted octanol–water partition coefficient (Wildman–Crippen LogP) is -0.620. The van der Waals surface area contributed by atoms with Gasteiger partial charge in [-0.25, -0.2) is 9.13 Å². The van der Waals surface area contributed by atoms with E-state index in [1.54, 1.807) is 0 Å². The fourth-order valence-corrected chi connectivity index (χ4v) is 1.48. The van der Waals surface area contributed by atoms with Gasteiger partial charge in [-0.3, -0.25) is 0 Å². The zero-order valence-electron chi connectivity index (χ0n) is 9.25. The summed E-state index contributed by atoms with van der Waals surface area (Å²) in [6, 6.07) is 0. The Morgan fingerprint density at radius 2 is 1.93 bits per heavy atom. The summed E-state index contributed by atoms with van der Waals surface area (Å²) in [5.74, 6) is 0. The maximum Gasteiger partial charge on any atom is 0.243 e. The summed E-state index contributed by atoms with van der Waals surface area (Å²) in [5.41, 5.74) is 0. The average Bonchev–Trinajstić information content (AvgIpc) is 2.60. The van der Waals surface area contributed by atoms with E-state index in [1.165, 1.54) is 32.2 Å². The van der Waals surface area contributed by atoms with Crippen molar-refractivity contribution >= 4 is 0 Å². The van der Waals surface area contributed by atoms with Gasteiger partial charge >= 0.3 is 0 Å². The van der Waals surface area contributed by atoms with E-state index in [-0.39, 0.29) is 17.0 Å². The van der Waals surface area contributed by atoms with Crippen molar-refractivity contribution in [3.8, 4) is 0 Å². The number of unbranched alkanes of at least 4 members (excludes halogenated alkanes) is 3. The van der Waals surface area contributed by atoms with Crippen molar-refractivity contribution in [3.63, 3.8) is 0 Å². The summed E-state index contributed by atoms with van der Waals surface area (Å²) in [6.07, 6.45) is 11.9. The fraction of sp³-hybridized carbons (Fsp3) is 0.727. The fourth-order valence-electron chi connectivity index (χ4n) is 1.48. The molecule has 2 nitrogen and oxygen atoms in total. The lowest BCUT2D eigenvalue weighted by molar-refractivity contribution is -0.696. The van der Waals surface area contributed by atoms with Crippen molar-refractivity contribution in [2.45, 2.75) is 52.6 Å². The standard InChI is InChI=1S/C11H21N2.BrH/c1-3-5-6-7-8-13-10-9-12(4-2)11-13;/h9-11H,3-8H2,1-2H3;1H/q+1;/p-1. The van der Waals surface area contributed by atoms with Gasteiger partial charge in [-0.15, -0.1) is 0 Å². The molecule has 0 fully saturated rings. The molecule has 0 unspecified atom stereocenters. The van der Waals surface area contributed by atoms with Crippen LogP contribution in [0, 0.1) is 0 Å². The minimum atomic E-state index is 0. The van der Waals surface area contributed by atoms with E-state index < -0.39 is 0 Å². The lowest BCUT2D eigenvalue weighted by Gasteiger charge is -1.95. The number of nitrogens with zero attached hydrogens (tertiary/aromatic N) is 2. The van der Waals surface area contributed by atoms with Crippen LogP contribution in [-0.2, 0) is 13.1 Å². The van der Waals surface area contributed by atoms with Crippen LogP contribution in [0.4, 0.5) is 0 Å². The Bertz CT molecular complexity index is 233. The summed E-state index contributed by atoms with van der Waals surface area (Å²) < 4.78 is 4.49. The second-order valence-corrected chi connectivity index (χ2v) is 3.54. The molecule has 0 spiro atoms. The lowest BCUT2D eigenvalue weighted by Crippen LogP contribution is -3.00. The molecule has 0 radical (unpaired) electrons. The van der Waals surface area contributed by atoms with Crippen LogP contribution in [0.2, 0.25) is 0 Å². The molecule has 14 heavy (non-hydrogen) atoms. The van der Waals surface area contributed by atoms with Gasteiger partial charge in [0.05, 0.1) is 13.1 Å². The zero-order valence-corrected chi connectivity index (χ0v) is 10.8. The molecular formula is C11H21BrN2. The SMILES string of the molecule is CCCCCC[n+]1ccn(CC)c1.[Br-]. The van der Waals surface area contributed by atoms with Crippen LogP contribution in [-0.4, -0.2) is 4.57 Å². The van der Waals surface area contributed by atoms with E-state index in [0.717, 1.165) is 6.54 Å². The number of aryl methyl sites for hydroxylation is 2. The van der Waals surface area contributed by atoms with Gasteiger partial charge in [0.25, 0.3) is 0 Å². The minimum absolute atomic E-state index is 0. The van der Waals surface area contributed by atoms with Gasteiger partial charge in [-0.1, -0.05) is 19.8 Å². The van der Waals surface area contributed by atoms with Crippen molar-refractivity contribution in [2.24, 2.45) is 0 Å². The number of imidazole rings is 1. The molecule has 0 aromatic carbocycles. The van der Waals surface area contributed by atoms with Crippen LogP contribution in [0.25, 0.3) is 0 Å². The monoisotopic (exact) mass is 260 g/mol. The van der Waals surface area contributed by atoms with Gasteiger partial charge < -0.3 is 17.0 Å². The van der Waals surface area contributed by atoms with Crippen LogP contribution in [0.5, 0.6) is 0 Å². The molecular weight excluding hydrogens is 240 g/mol. The molecule has 0 N–H and O–H groups in total. The highest BCUT2D eigenvalue weighted by atomic mass is 79.9. The first kappa shape index (κ1) is 13.7. The molecule has 3 heteroatoms. The molecule has 0 saturated heterocycles. The van der Waals surface area contributed by atoms with Crippen molar-refractivity contribution < 1.29 is 21.5 Å². The molecule has 0 bridgehead atoms. The van der Waals surface area contributed by atoms with Gasteiger partial charge in [0, 0.05) is 0 Å². The molecule has 82 valence electrons. The van der Waals surface area contributed by atoms with E-state index in [0.29, 0.717) is 0 Å². The summed E-state index contributed by atoms with van der Waals surface area (Å²) in [5, 5.41) is 0. The molecule has 0 aliphatic rings. The quantitative estimate of drug-likeness (QED) is 0.477. The van der Waals surface area contributed by atoms with E-state index in [9.17, 15) is 0 Å². The second-order valence-electron chi connectivity index (χ2n) is 3.54. The predicted molar refractivity (Wildman–Crippen MR) is 54.4 cm³/mol. The first-order valence-electron chi connectivity index (χ1n) is 5.41. The Hall–Kier alpha value is -0.310. The van der Waals surface area contributed by atoms with Crippen LogP contribution >= 0.6 is 0 Å². The van der Waals surface area contributed by atoms with E-state index in [1.807, 2.05) is 0 Å². The molecule has 0 amide bonds. The number of hydrogen-bond acceptors (Lipinski definition) is 0. The van der Waals surface area contributed by atoms with Crippen molar-refractivity contribution in [1.82, 2.24) is 4.57 Å². The van der Waals surface area contributed by atoms with Gasteiger partial charge in [0.15, 0.2) is 0 Å². The maximum atomic E-state index is 2.28. The highest BCUT2D eigenvalue weighted by Gasteiger charge is 2.00. The second kappa shape index (κ2) is 8.04. The Morgan fingerprint density at radius 3 is 2.50 bits per heavy atom. The summed E-state index contributed by atoms with van der Waals surface area (Å²) in [6.45, 7) is 6.66. The third-order valence-corrected chi connectivity index (χ3v) is 2.38. The largest absolute Gasteiger partial charge is 1.00 e. The van der Waals surface area contributed by atoms with Gasteiger partial charge in [0.1, 0.15) is 12.4 Å². The van der Waals surface area contributed by atoms with Crippen LogP contribution in [0.1, 0.15) is 39.5 Å². The highest BCUT2D eigenvalue weighted by Crippen LogP contribution is 1.98. The summed E-state index contributed by atoms with van der Waals surface area (Å²) in [7, 11) is 0. The smallest absolute Gasteiger partial charge is 0.243 e. The van der Waals surface area contributed by atoms with Crippen LogP contribution in [0.3, 0.4) is 0 Å². The Labute approximate surface area is 97.7 Å². The van der Waals surface area contributed by atoms with Gasteiger partial charge in [-0.2, -0.15) is 0 Å². The molecule has 0 saturated carbocycles. The van der Waals surface area contributed by atoms with Crippen molar-refractivity contribution in [3.05, 3.63) is 18.7 Å². The molecule has 1 aromatic heterocycles. The zero-order chi connectivity index (χ0) is 9.52. The maximum absolute atomic E-state index is 2.28. The molecule has 0 aliphatic carbocycles. The lowest BCUT2D eigenvalue weighted by atomic mass is 10.2.